The number of anilines is 1. The zero-order valence-electron chi connectivity index (χ0n) is 23.3. The topological polar surface area (TPSA) is 99.0 Å². The summed E-state index contributed by atoms with van der Waals surface area (Å²) in [5.74, 6) is -0.217. The Labute approximate surface area is 227 Å². The van der Waals surface area contributed by atoms with Gasteiger partial charge in [0.15, 0.2) is 0 Å². The zero-order chi connectivity index (χ0) is 27.9. The van der Waals surface area contributed by atoms with Gasteiger partial charge in [0.2, 0.25) is 5.91 Å². The third kappa shape index (κ3) is 8.37. The largest absolute Gasteiger partial charge is 0.388 e. The Morgan fingerprint density at radius 2 is 1.79 bits per heavy atom. The number of rotatable bonds is 8. The summed E-state index contributed by atoms with van der Waals surface area (Å²) in [7, 11) is 0. The van der Waals surface area contributed by atoms with Gasteiger partial charge in [-0.15, -0.1) is 0 Å². The summed E-state index contributed by atoms with van der Waals surface area (Å²) in [4.78, 5) is 12.4. The molecule has 6 heteroatoms. The van der Waals surface area contributed by atoms with E-state index in [1.165, 1.54) is 30.4 Å². The van der Waals surface area contributed by atoms with E-state index in [1.807, 2.05) is 37.3 Å². The average Bonchev–Trinajstić information content (AvgIpc) is 2.84. The normalized spacial score (nSPS) is 26.8. The van der Waals surface area contributed by atoms with Gasteiger partial charge < -0.3 is 25.4 Å². The van der Waals surface area contributed by atoms with Gasteiger partial charge in [0.1, 0.15) is 18.3 Å². The highest BCUT2D eigenvalue weighted by Crippen LogP contribution is 2.40. The van der Waals surface area contributed by atoms with E-state index in [-0.39, 0.29) is 17.9 Å². The van der Waals surface area contributed by atoms with Gasteiger partial charge in [-0.3, -0.25) is 4.79 Å². The van der Waals surface area contributed by atoms with Crippen LogP contribution in [-0.4, -0.2) is 52.2 Å². The predicted octanol–water partition coefficient (Wildman–Crippen LogP) is 5.18. The molecule has 0 radical (unpaired) electrons. The number of carbonyl (C=O) groups is 1. The highest BCUT2D eigenvalue weighted by Gasteiger charge is 2.37. The van der Waals surface area contributed by atoms with Crippen molar-refractivity contribution in [1.82, 2.24) is 0 Å². The second-order valence-corrected chi connectivity index (χ2v) is 11.2. The predicted molar refractivity (Wildman–Crippen MR) is 153 cm³/mol. The SMILES string of the molecule is CC1=C(/C=C/C(C)=C/C=C/C(C)=C/C(=O)Nc2ccc(C[C@@H]3OC[C@@H](O)[C@H](O)[C@H]3O)cc2)C(C)(C)CCC1. The minimum absolute atomic E-state index is 0.0143. The summed E-state index contributed by atoms with van der Waals surface area (Å²) < 4.78 is 5.46. The number of benzene rings is 1. The van der Waals surface area contributed by atoms with Gasteiger partial charge in [0, 0.05) is 18.2 Å². The van der Waals surface area contributed by atoms with Crippen molar-refractivity contribution in [3.8, 4) is 0 Å². The highest BCUT2D eigenvalue weighted by atomic mass is 16.5. The summed E-state index contributed by atoms with van der Waals surface area (Å²) >= 11 is 0. The fourth-order valence-corrected chi connectivity index (χ4v) is 5.07. The van der Waals surface area contributed by atoms with Crippen LogP contribution >= 0.6 is 0 Å². The Hall–Kier alpha value is -2.77. The maximum Gasteiger partial charge on any atom is 0.248 e. The lowest BCUT2D eigenvalue weighted by Crippen LogP contribution is -2.53. The molecule has 0 bridgehead atoms. The number of ether oxygens (including phenoxy) is 1. The molecule has 4 atom stereocenters. The first-order valence-electron chi connectivity index (χ1n) is 13.4. The molecule has 38 heavy (non-hydrogen) atoms. The molecule has 2 aliphatic rings. The lowest BCUT2D eigenvalue weighted by Gasteiger charge is -2.35. The molecule has 1 heterocycles. The summed E-state index contributed by atoms with van der Waals surface area (Å²) in [6.07, 6.45) is 11.9. The molecule has 1 aliphatic carbocycles. The maximum atomic E-state index is 12.4. The maximum absolute atomic E-state index is 12.4. The molecular formula is C32H43NO5. The van der Waals surface area contributed by atoms with Crippen molar-refractivity contribution >= 4 is 11.6 Å². The number of nitrogens with one attached hydrogen (secondary N) is 1. The Balaban J connectivity index is 1.51. The molecule has 0 aromatic heterocycles. The van der Waals surface area contributed by atoms with Crippen LogP contribution in [0.5, 0.6) is 0 Å². The Bertz CT molecular complexity index is 1120. The summed E-state index contributed by atoms with van der Waals surface area (Å²) in [6, 6.07) is 7.26. The lowest BCUT2D eigenvalue weighted by molar-refractivity contribution is -0.186. The van der Waals surface area contributed by atoms with Gasteiger partial charge in [-0.1, -0.05) is 67.5 Å². The average molecular weight is 522 g/mol. The fraction of sp³-hybridized carbons (Fsp3) is 0.469. The van der Waals surface area contributed by atoms with Crippen molar-refractivity contribution in [2.75, 3.05) is 11.9 Å². The Kier molecular flexibility index (Phi) is 10.5. The van der Waals surface area contributed by atoms with Crippen molar-refractivity contribution in [2.24, 2.45) is 5.41 Å². The molecule has 1 saturated heterocycles. The summed E-state index contributed by atoms with van der Waals surface area (Å²) in [5.41, 5.74) is 6.68. The highest BCUT2D eigenvalue weighted by molar-refractivity contribution is 5.99. The smallest absolute Gasteiger partial charge is 0.248 e. The van der Waals surface area contributed by atoms with Crippen LogP contribution in [-0.2, 0) is 16.0 Å². The molecule has 1 amide bonds. The van der Waals surface area contributed by atoms with Crippen LogP contribution in [0.25, 0.3) is 0 Å². The van der Waals surface area contributed by atoms with Gasteiger partial charge in [-0.2, -0.15) is 0 Å². The molecular weight excluding hydrogens is 478 g/mol. The van der Waals surface area contributed by atoms with E-state index in [4.69, 9.17) is 4.74 Å². The van der Waals surface area contributed by atoms with Crippen LogP contribution in [0.2, 0.25) is 0 Å². The van der Waals surface area contributed by atoms with Gasteiger partial charge >= 0.3 is 0 Å². The van der Waals surface area contributed by atoms with Crippen LogP contribution in [0.1, 0.15) is 59.4 Å². The van der Waals surface area contributed by atoms with E-state index in [0.717, 1.165) is 16.7 Å². The summed E-state index contributed by atoms with van der Waals surface area (Å²) in [5, 5.41) is 32.4. The van der Waals surface area contributed by atoms with Crippen LogP contribution in [0.15, 0.2) is 83.0 Å². The molecule has 1 aliphatic heterocycles. The van der Waals surface area contributed by atoms with Gasteiger partial charge in [0.25, 0.3) is 0 Å². The van der Waals surface area contributed by atoms with E-state index in [0.29, 0.717) is 12.1 Å². The van der Waals surface area contributed by atoms with Crippen LogP contribution < -0.4 is 5.32 Å². The third-order valence-corrected chi connectivity index (χ3v) is 7.40. The van der Waals surface area contributed by atoms with Gasteiger partial charge in [0.05, 0.1) is 12.7 Å². The first-order valence-corrected chi connectivity index (χ1v) is 13.4. The third-order valence-electron chi connectivity index (χ3n) is 7.40. The van der Waals surface area contributed by atoms with Crippen molar-refractivity contribution in [3.05, 3.63) is 88.6 Å². The first kappa shape index (κ1) is 29.8. The molecule has 1 fully saturated rings. The van der Waals surface area contributed by atoms with Crippen molar-refractivity contribution in [3.63, 3.8) is 0 Å². The number of hydrogen-bond donors (Lipinski definition) is 4. The molecule has 1 aromatic rings. The molecule has 6 nitrogen and oxygen atoms in total. The van der Waals surface area contributed by atoms with Crippen LogP contribution in [0.3, 0.4) is 0 Å². The fourth-order valence-electron chi connectivity index (χ4n) is 5.07. The molecule has 3 rings (SSSR count). The number of aliphatic hydroxyl groups is 3. The Morgan fingerprint density at radius 1 is 1.08 bits per heavy atom. The second-order valence-electron chi connectivity index (χ2n) is 11.2. The lowest BCUT2D eigenvalue weighted by atomic mass is 9.72. The molecule has 0 saturated carbocycles. The van der Waals surface area contributed by atoms with Crippen molar-refractivity contribution in [2.45, 2.75) is 84.7 Å². The summed E-state index contributed by atoms with van der Waals surface area (Å²) in [6.45, 7) is 10.8. The van der Waals surface area contributed by atoms with E-state index >= 15 is 0 Å². The Morgan fingerprint density at radius 3 is 2.47 bits per heavy atom. The van der Waals surface area contributed by atoms with E-state index in [9.17, 15) is 20.1 Å². The number of carbonyl (C=O) groups excluding carboxylic acids is 1. The van der Waals surface area contributed by atoms with Gasteiger partial charge in [-0.05, 0) is 74.3 Å². The molecule has 0 spiro atoms. The molecule has 206 valence electrons. The van der Waals surface area contributed by atoms with Crippen molar-refractivity contribution in [1.29, 1.82) is 0 Å². The zero-order valence-corrected chi connectivity index (χ0v) is 23.3. The number of amides is 1. The van der Waals surface area contributed by atoms with Crippen molar-refractivity contribution < 1.29 is 24.9 Å². The quantitative estimate of drug-likeness (QED) is 0.279. The van der Waals surface area contributed by atoms with Gasteiger partial charge in [-0.25, -0.2) is 0 Å². The van der Waals surface area contributed by atoms with E-state index < -0.39 is 24.4 Å². The number of aliphatic hydroxyl groups excluding tert-OH is 3. The van der Waals surface area contributed by atoms with E-state index in [2.05, 4.69) is 45.2 Å². The minimum Gasteiger partial charge on any atom is -0.388 e. The molecule has 4 N–H and O–H groups in total. The second kappa shape index (κ2) is 13.3. The monoisotopic (exact) mass is 521 g/mol. The van der Waals surface area contributed by atoms with Crippen LogP contribution in [0.4, 0.5) is 5.69 Å². The minimum atomic E-state index is -1.22. The van der Waals surface area contributed by atoms with Crippen LogP contribution in [0, 0.1) is 5.41 Å². The molecule has 0 unspecified atom stereocenters. The molecule has 1 aromatic carbocycles. The standard InChI is InChI=1S/C32H43NO5/c1-21(11-16-26-23(3)10-7-17-32(26,4)5)8-6-9-22(2)18-29(35)33-25-14-12-24(13-15-25)19-28-31(37)30(36)27(34)20-38-28/h6,8-9,11-16,18,27-28,30-31,34,36-37H,7,10,17,19-20H2,1-5H3,(H,33,35)/b9-6+,16-11+,21-8+,22-18+/t27-,28+,30+,31+/m1/s1. The number of allylic oxidation sites excluding steroid dienone is 9. The van der Waals surface area contributed by atoms with E-state index in [1.54, 1.807) is 18.2 Å². The first-order chi connectivity index (χ1) is 18.0. The number of hydrogen-bond acceptors (Lipinski definition) is 5.